The SMILES string of the molecule is COc1ccc(N[C@H](c2ccccc2)[C@H](OCc2c(Cl)cccc2Cl)C(=O)OC(C)(C)C)cc1. The van der Waals surface area contributed by atoms with Gasteiger partial charge in [0.2, 0.25) is 0 Å². The van der Waals surface area contributed by atoms with Crippen molar-refractivity contribution in [3.8, 4) is 5.75 Å². The topological polar surface area (TPSA) is 56.8 Å². The molecule has 0 bridgehead atoms. The molecule has 0 spiro atoms. The van der Waals surface area contributed by atoms with E-state index in [2.05, 4.69) is 5.32 Å². The molecule has 34 heavy (non-hydrogen) atoms. The highest BCUT2D eigenvalue weighted by Crippen LogP contribution is 2.31. The summed E-state index contributed by atoms with van der Waals surface area (Å²) in [6.07, 6.45) is -0.990. The molecule has 0 heterocycles. The van der Waals surface area contributed by atoms with Crippen LogP contribution in [0.4, 0.5) is 5.69 Å². The van der Waals surface area contributed by atoms with E-state index in [1.807, 2.05) is 75.4 Å². The van der Waals surface area contributed by atoms with E-state index in [1.54, 1.807) is 25.3 Å². The van der Waals surface area contributed by atoms with Gasteiger partial charge in [-0.25, -0.2) is 4.79 Å². The number of ether oxygens (including phenoxy) is 3. The Morgan fingerprint density at radius 3 is 2.09 bits per heavy atom. The van der Waals surface area contributed by atoms with E-state index in [0.29, 0.717) is 15.6 Å². The molecule has 0 fully saturated rings. The predicted molar refractivity (Wildman–Crippen MR) is 137 cm³/mol. The second kappa shape index (κ2) is 11.6. The fourth-order valence-corrected chi connectivity index (χ4v) is 3.87. The van der Waals surface area contributed by atoms with Crippen LogP contribution >= 0.6 is 23.2 Å². The highest BCUT2D eigenvalue weighted by atomic mass is 35.5. The molecule has 0 unspecified atom stereocenters. The fraction of sp³-hybridized carbons (Fsp3) is 0.296. The molecule has 7 heteroatoms. The van der Waals surface area contributed by atoms with Crippen LogP contribution < -0.4 is 10.1 Å². The van der Waals surface area contributed by atoms with E-state index in [0.717, 1.165) is 17.0 Å². The van der Waals surface area contributed by atoms with Crippen molar-refractivity contribution in [2.24, 2.45) is 0 Å². The van der Waals surface area contributed by atoms with E-state index in [4.69, 9.17) is 37.4 Å². The number of esters is 1. The molecular formula is C27H29Cl2NO4. The molecule has 1 N–H and O–H groups in total. The summed E-state index contributed by atoms with van der Waals surface area (Å²) in [6, 6.07) is 21.7. The minimum atomic E-state index is -0.990. The maximum absolute atomic E-state index is 13.4. The third kappa shape index (κ3) is 7.13. The Bertz CT molecular complexity index is 1060. The molecule has 0 amide bonds. The van der Waals surface area contributed by atoms with Gasteiger partial charge in [0, 0.05) is 21.3 Å². The van der Waals surface area contributed by atoms with E-state index < -0.39 is 23.7 Å². The van der Waals surface area contributed by atoms with Crippen LogP contribution in [-0.4, -0.2) is 24.8 Å². The Labute approximate surface area is 210 Å². The summed E-state index contributed by atoms with van der Waals surface area (Å²) in [5, 5.41) is 4.37. The first-order valence-corrected chi connectivity index (χ1v) is 11.7. The molecule has 0 saturated heterocycles. The van der Waals surface area contributed by atoms with E-state index in [1.165, 1.54) is 0 Å². The van der Waals surface area contributed by atoms with Gasteiger partial charge >= 0.3 is 5.97 Å². The van der Waals surface area contributed by atoms with Gasteiger partial charge in [-0.15, -0.1) is 0 Å². The van der Waals surface area contributed by atoms with Gasteiger partial charge in [0.15, 0.2) is 6.10 Å². The highest BCUT2D eigenvalue weighted by molar-refractivity contribution is 6.35. The second-order valence-corrected chi connectivity index (χ2v) is 9.54. The van der Waals surface area contributed by atoms with Crippen LogP contribution in [0.5, 0.6) is 5.75 Å². The second-order valence-electron chi connectivity index (χ2n) is 8.73. The van der Waals surface area contributed by atoms with Crippen molar-refractivity contribution in [2.45, 2.75) is 45.1 Å². The minimum absolute atomic E-state index is 0.0377. The molecule has 2 atom stereocenters. The van der Waals surface area contributed by atoms with Gasteiger partial charge in [0.05, 0.1) is 19.8 Å². The number of methoxy groups -OCH3 is 1. The molecule has 3 aromatic rings. The molecule has 0 radical (unpaired) electrons. The lowest BCUT2D eigenvalue weighted by atomic mass is 10.00. The molecule has 0 aliphatic carbocycles. The molecule has 0 aliphatic heterocycles. The van der Waals surface area contributed by atoms with Gasteiger partial charge in [-0.2, -0.15) is 0 Å². The quantitative estimate of drug-likeness (QED) is 0.317. The summed E-state index contributed by atoms with van der Waals surface area (Å²) < 4.78 is 17.2. The van der Waals surface area contributed by atoms with Gasteiger partial charge in [-0.05, 0) is 62.7 Å². The number of nitrogens with one attached hydrogen (secondary N) is 1. The van der Waals surface area contributed by atoms with Crippen LogP contribution in [0.1, 0.15) is 37.9 Å². The van der Waals surface area contributed by atoms with Crippen molar-refractivity contribution in [1.29, 1.82) is 0 Å². The number of halogens is 2. The summed E-state index contributed by atoms with van der Waals surface area (Å²) in [7, 11) is 1.61. The Morgan fingerprint density at radius 2 is 1.53 bits per heavy atom. The van der Waals surface area contributed by atoms with Gasteiger partial charge in [0.1, 0.15) is 11.4 Å². The molecular weight excluding hydrogens is 473 g/mol. The first kappa shape index (κ1) is 25.9. The maximum Gasteiger partial charge on any atom is 0.338 e. The lowest BCUT2D eigenvalue weighted by Crippen LogP contribution is -2.40. The van der Waals surface area contributed by atoms with Crippen LogP contribution in [0.15, 0.2) is 72.8 Å². The van der Waals surface area contributed by atoms with Crippen molar-refractivity contribution in [1.82, 2.24) is 0 Å². The zero-order valence-electron chi connectivity index (χ0n) is 19.7. The van der Waals surface area contributed by atoms with Crippen molar-refractivity contribution >= 4 is 34.9 Å². The normalized spacial score (nSPS) is 13.1. The zero-order chi connectivity index (χ0) is 24.7. The zero-order valence-corrected chi connectivity index (χ0v) is 21.2. The first-order chi connectivity index (χ1) is 16.2. The molecule has 5 nitrogen and oxygen atoms in total. The number of benzene rings is 3. The molecule has 0 aliphatic rings. The van der Waals surface area contributed by atoms with Crippen molar-refractivity contribution in [3.05, 3.63) is 94.0 Å². The smallest absolute Gasteiger partial charge is 0.338 e. The molecule has 0 saturated carbocycles. The Kier molecular flexibility index (Phi) is 8.84. The highest BCUT2D eigenvalue weighted by Gasteiger charge is 2.35. The molecule has 0 aromatic heterocycles. The average molecular weight is 502 g/mol. The number of carbonyl (C=O) groups excluding carboxylic acids is 1. The van der Waals surface area contributed by atoms with Crippen LogP contribution in [-0.2, 0) is 20.9 Å². The summed E-state index contributed by atoms with van der Waals surface area (Å²) in [6.45, 7) is 5.50. The Morgan fingerprint density at radius 1 is 0.912 bits per heavy atom. The van der Waals surface area contributed by atoms with Crippen molar-refractivity contribution in [3.63, 3.8) is 0 Å². The van der Waals surface area contributed by atoms with E-state index >= 15 is 0 Å². The van der Waals surface area contributed by atoms with Gasteiger partial charge in [-0.3, -0.25) is 0 Å². The summed E-state index contributed by atoms with van der Waals surface area (Å²) >= 11 is 12.7. The summed E-state index contributed by atoms with van der Waals surface area (Å²) in [5.41, 5.74) is 1.57. The van der Waals surface area contributed by atoms with Gasteiger partial charge in [0.25, 0.3) is 0 Å². The third-order valence-electron chi connectivity index (χ3n) is 4.98. The number of hydrogen-bond donors (Lipinski definition) is 1. The van der Waals surface area contributed by atoms with Crippen LogP contribution in [0.3, 0.4) is 0 Å². The first-order valence-electron chi connectivity index (χ1n) is 10.9. The maximum atomic E-state index is 13.4. The van der Waals surface area contributed by atoms with Crippen LogP contribution in [0.2, 0.25) is 10.0 Å². The summed E-state index contributed by atoms with van der Waals surface area (Å²) in [5.74, 6) is 0.237. The monoisotopic (exact) mass is 501 g/mol. The largest absolute Gasteiger partial charge is 0.497 e. The Hall–Kier alpha value is -2.73. The van der Waals surface area contributed by atoms with E-state index in [-0.39, 0.29) is 6.61 Å². The lowest BCUT2D eigenvalue weighted by Gasteiger charge is -2.31. The van der Waals surface area contributed by atoms with Gasteiger partial charge < -0.3 is 19.5 Å². The summed E-state index contributed by atoms with van der Waals surface area (Å²) in [4.78, 5) is 13.4. The lowest BCUT2D eigenvalue weighted by molar-refractivity contribution is -0.170. The van der Waals surface area contributed by atoms with Crippen molar-refractivity contribution in [2.75, 3.05) is 12.4 Å². The molecule has 3 rings (SSSR count). The predicted octanol–water partition coefficient (Wildman–Crippen LogP) is 7.08. The van der Waals surface area contributed by atoms with Gasteiger partial charge in [-0.1, -0.05) is 59.6 Å². The number of carbonyl (C=O) groups is 1. The standard InChI is InChI=1S/C27H29Cl2NO4/c1-27(2,3)34-26(31)25(33-17-21-22(28)11-8-12-23(21)29)24(18-9-6-5-7-10-18)30-19-13-15-20(32-4)16-14-19/h5-16,24-25,30H,17H2,1-4H3/t24-,25+/m1/s1. The van der Waals surface area contributed by atoms with Crippen LogP contribution in [0, 0.1) is 0 Å². The number of rotatable bonds is 9. The molecule has 180 valence electrons. The minimum Gasteiger partial charge on any atom is -0.497 e. The number of anilines is 1. The number of hydrogen-bond acceptors (Lipinski definition) is 5. The van der Waals surface area contributed by atoms with Crippen molar-refractivity contribution < 1.29 is 19.0 Å². The average Bonchev–Trinajstić information content (AvgIpc) is 2.80. The Balaban J connectivity index is 1.98. The molecule has 3 aromatic carbocycles. The fourth-order valence-electron chi connectivity index (χ4n) is 3.36. The third-order valence-corrected chi connectivity index (χ3v) is 5.69. The van der Waals surface area contributed by atoms with Crippen LogP contribution in [0.25, 0.3) is 0 Å². The van der Waals surface area contributed by atoms with E-state index in [9.17, 15) is 4.79 Å².